The van der Waals surface area contributed by atoms with Crippen molar-refractivity contribution in [3.8, 4) is 0 Å². The first-order chi connectivity index (χ1) is 9.63. The zero-order valence-electron chi connectivity index (χ0n) is 10.4. The number of benzene rings is 2. The average molecular weight is 335 g/mol. The molecule has 2 aromatic carbocycles. The zero-order valence-corrected chi connectivity index (χ0v) is 12.0. The summed E-state index contributed by atoms with van der Waals surface area (Å²) in [7, 11) is 0. The van der Waals surface area contributed by atoms with Gasteiger partial charge < -0.3 is 10.6 Å². The van der Waals surface area contributed by atoms with Gasteiger partial charge in [-0.3, -0.25) is 0 Å². The van der Waals surface area contributed by atoms with Crippen molar-refractivity contribution in [3.05, 3.63) is 70.6 Å². The number of rotatable bonds is 3. The molecule has 2 amide bonds. The summed E-state index contributed by atoms with van der Waals surface area (Å²) < 4.78 is 13.6. The average Bonchev–Trinajstić information content (AvgIpc) is 2.44. The fourth-order valence-corrected chi connectivity index (χ4v) is 1.75. The van der Waals surface area contributed by atoms with E-state index >= 15 is 0 Å². The van der Waals surface area contributed by atoms with Crippen molar-refractivity contribution in [1.82, 2.24) is 5.32 Å². The van der Waals surface area contributed by atoms with Gasteiger partial charge in [0.1, 0.15) is 5.82 Å². The van der Waals surface area contributed by atoms with Crippen LogP contribution in [0.5, 0.6) is 0 Å². The highest BCUT2D eigenvalue weighted by atomic mass is 79.9. The lowest BCUT2D eigenvalue weighted by molar-refractivity contribution is 0.255. The second-order valence-corrected chi connectivity index (χ2v) is 4.91. The molecule has 0 aliphatic heterocycles. The molecule has 0 unspecified atom stereocenters. The van der Waals surface area contributed by atoms with Crippen LogP contribution < -0.4 is 10.6 Å². The number of hydrogen-bond donors (Lipinski definition) is 2. The summed E-state index contributed by atoms with van der Waals surface area (Å²) in [6.45, 7) is 0. The van der Waals surface area contributed by atoms with Gasteiger partial charge in [-0.25, -0.2) is 9.18 Å². The van der Waals surface area contributed by atoms with Crippen LogP contribution in [0.1, 0.15) is 5.56 Å². The molecule has 0 aromatic heterocycles. The van der Waals surface area contributed by atoms with Crippen molar-refractivity contribution in [2.45, 2.75) is 0 Å². The van der Waals surface area contributed by atoms with Gasteiger partial charge in [0, 0.05) is 16.4 Å². The lowest BCUT2D eigenvalue weighted by atomic mass is 10.2. The highest BCUT2D eigenvalue weighted by Gasteiger charge is 1.98. The van der Waals surface area contributed by atoms with E-state index in [4.69, 9.17) is 0 Å². The molecule has 0 fully saturated rings. The minimum Gasteiger partial charge on any atom is -0.314 e. The van der Waals surface area contributed by atoms with Gasteiger partial charge in [0.15, 0.2) is 0 Å². The minimum atomic E-state index is -0.342. The van der Waals surface area contributed by atoms with E-state index in [1.165, 1.54) is 18.3 Å². The number of halogens is 2. The molecule has 0 atom stereocenters. The maximum Gasteiger partial charge on any atom is 0.323 e. The second kappa shape index (κ2) is 6.86. The van der Waals surface area contributed by atoms with E-state index in [0.717, 1.165) is 10.0 Å². The number of hydrogen-bond acceptors (Lipinski definition) is 1. The fraction of sp³-hybridized carbons (Fsp3) is 0. The number of amides is 2. The third-order valence-corrected chi connectivity index (χ3v) is 2.99. The third-order valence-electron chi connectivity index (χ3n) is 2.46. The molecule has 20 heavy (non-hydrogen) atoms. The van der Waals surface area contributed by atoms with Gasteiger partial charge in [0.2, 0.25) is 0 Å². The van der Waals surface area contributed by atoms with Crippen molar-refractivity contribution in [2.24, 2.45) is 0 Å². The van der Waals surface area contributed by atoms with E-state index < -0.39 is 0 Å². The van der Waals surface area contributed by atoms with Crippen LogP contribution in [0.25, 0.3) is 6.08 Å². The predicted molar refractivity (Wildman–Crippen MR) is 81.7 cm³/mol. The van der Waals surface area contributed by atoms with Gasteiger partial charge in [0.05, 0.1) is 0 Å². The van der Waals surface area contributed by atoms with E-state index in [0.29, 0.717) is 5.69 Å². The first-order valence-corrected chi connectivity index (χ1v) is 6.68. The Labute approximate surface area is 124 Å². The Kier molecular flexibility index (Phi) is 4.90. The largest absolute Gasteiger partial charge is 0.323 e. The molecule has 0 heterocycles. The molecule has 5 heteroatoms. The molecule has 2 rings (SSSR count). The van der Waals surface area contributed by atoms with Crippen LogP contribution in [0, 0.1) is 5.82 Å². The number of carbonyl (C=O) groups excluding carboxylic acids is 1. The summed E-state index contributed by atoms with van der Waals surface area (Å²) in [4.78, 5) is 11.6. The molecule has 2 aromatic rings. The molecule has 0 bridgehead atoms. The Balaban J connectivity index is 1.85. The molecule has 2 N–H and O–H groups in total. The molecular weight excluding hydrogens is 323 g/mol. The predicted octanol–water partition coefficient (Wildman–Crippen LogP) is 4.38. The Hall–Kier alpha value is -2.14. The highest BCUT2D eigenvalue weighted by Crippen LogP contribution is 2.13. The standard InChI is InChI=1S/C15H12BrFN2O/c16-12-3-7-14(8-4-12)19-15(20)18-10-9-11-1-5-13(17)6-2-11/h1-10H,(H2,18,19,20)/b10-9+. The van der Waals surface area contributed by atoms with Crippen LogP contribution >= 0.6 is 15.9 Å². The van der Waals surface area contributed by atoms with Crippen LogP contribution in [0.3, 0.4) is 0 Å². The monoisotopic (exact) mass is 334 g/mol. The van der Waals surface area contributed by atoms with Gasteiger partial charge in [-0.1, -0.05) is 28.1 Å². The normalized spacial score (nSPS) is 10.5. The molecular formula is C15H12BrFN2O. The van der Waals surface area contributed by atoms with Crippen molar-refractivity contribution < 1.29 is 9.18 Å². The molecule has 3 nitrogen and oxygen atoms in total. The number of carbonyl (C=O) groups is 1. The third kappa shape index (κ3) is 4.51. The maximum absolute atomic E-state index is 12.7. The van der Waals surface area contributed by atoms with Crippen molar-refractivity contribution in [1.29, 1.82) is 0 Å². The van der Waals surface area contributed by atoms with Gasteiger partial charge in [-0.15, -0.1) is 0 Å². The lowest BCUT2D eigenvalue weighted by Gasteiger charge is -2.04. The molecule has 0 saturated heterocycles. The van der Waals surface area contributed by atoms with Crippen LogP contribution in [0.15, 0.2) is 59.2 Å². The van der Waals surface area contributed by atoms with Crippen molar-refractivity contribution >= 4 is 33.7 Å². The summed E-state index contributed by atoms with van der Waals surface area (Å²) >= 11 is 3.32. The van der Waals surface area contributed by atoms with Crippen molar-refractivity contribution in [2.75, 3.05) is 5.32 Å². The smallest absolute Gasteiger partial charge is 0.314 e. The number of anilines is 1. The Morgan fingerprint density at radius 1 is 1.05 bits per heavy atom. The van der Waals surface area contributed by atoms with Crippen LogP contribution in [0.2, 0.25) is 0 Å². The number of nitrogens with one attached hydrogen (secondary N) is 2. The van der Waals surface area contributed by atoms with Crippen LogP contribution in [-0.4, -0.2) is 6.03 Å². The molecule has 0 saturated carbocycles. The van der Waals surface area contributed by atoms with E-state index in [-0.39, 0.29) is 11.8 Å². The minimum absolute atomic E-state index is 0.289. The van der Waals surface area contributed by atoms with Crippen LogP contribution in [-0.2, 0) is 0 Å². The van der Waals surface area contributed by atoms with E-state index in [9.17, 15) is 9.18 Å². The summed E-state index contributed by atoms with van der Waals surface area (Å²) in [6, 6.07) is 12.9. The quantitative estimate of drug-likeness (QED) is 0.859. The molecule has 0 radical (unpaired) electrons. The SMILES string of the molecule is O=C(N/C=C/c1ccc(F)cc1)Nc1ccc(Br)cc1. The van der Waals surface area contributed by atoms with E-state index in [1.807, 2.05) is 12.1 Å². The first-order valence-electron chi connectivity index (χ1n) is 5.89. The summed E-state index contributed by atoms with van der Waals surface area (Å²) in [5, 5.41) is 5.26. The van der Waals surface area contributed by atoms with Crippen molar-refractivity contribution in [3.63, 3.8) is 0 Å². The van der Waals surface area contributed by atoms with Gasteiger partial charge in [-0.05, 0) is 48.0 Å². The highest BCUT2D eigenvalue weighted by molar-refractivity contribution is 9.10. The molecule has 0 spiro atoms. The second-order valence-electron chi connectivity index (χ2n) is 3.99. The Morgan fingerprint density at radius 3 is 2.35 bits per heavy atom. The molecule has 102 valence electrons. The topological polar surface area (TPSA) is 41.1 Å². The van der Waals surface area contributed by atoms with Gasteiger partial charge in [-0.2, -0.15) is 0 Å². The summed E-state index contributed by atoms with van der Waals surface area (Å²) in [5.41, 5.74) is 1.50. The number of urea groups is 1. The maximum atomic E-state index is 12.7. The molecule has 0 aliphatic rings. The van der Waals surface area contributed by atoms with E-state index in [1.54, 1.807) is 30.3 Å². The molecule has 0 aliphatic carbocycles. The van der Waals surface area contributed by atoms with Gasteiger partial charge in [0.25, 0.3) is 0 Å². The zero-order chi connectivity index (χ0) is 14.4. The first kappa shape index (κ1) is 14.3. The Bertz CT molecular complexity index is 609. The fourth-order valence-electron chi connectivity index (χ4n) is 1.49. The Morgan fingerprint density at radius 2 is 1.70 bits per heavy atom. The summed E-state index contributed by atoms with van der Waals surface area (Å²) in [5.74, 6) is -0.289. The van der Waals surface area contributed by atoms with Gasteiger partial charge >= 0.3 is 6.03 Å². The van der Waals surface area contributed by atoms with Crippen LogP contribution in [0.4, 0.5) is 14.9 Å². The van der Waals surface area contributed by atoms with E-state index in [2.05, 4.69) is 26.6 Å². The summed E-state index contributed by atoms with van der Waals surface area (Å²) in [6.07, 6.45) is 3.18. The lowest BCUT2D eigenvalue weighted by Crippen LogP contribution is -2.23.